The molecular weight excluding hydrogens is 639 g/mol. The summed E-state index contributed by atoms with van der Waals surface area (Å²) in [7, 11) is 0. The van der Waals surface area contributed by atoms with Gasteiger partial charge < -0.3 is 4.90 Å². The maximum atomic E-state index is 3.93. The largest absolute Gasteiger partial charge is 0.310 e. The number of hydrogen-bond donors (Lipinski definition) is 0. The van der Waals surface area contributed by atoms with E-state index in [1.165, 1.54) is 55.6 Å². The highest BCUT2D eigenvalue weighted by Gasteiger charge is 2.36. The van der Waals surface area contributed by atoms with E-state index in [9.17, 15) is 0 Å². The molecule has 7 aromatic carbocycles. The molecule has 0 fully saturated rings. The average molecular weight is 682 g/mol. The highest BCUT2D eigenvalue weighted by atomic mass is 15.1. The Labute approximate surface area is 314 Å². The quantitative estimate of drug-likeness (QED) is 0.137. The summed E-state index contributed by atoms with van der Waals surface area (Å²) in [6, 6.07) is 61.9. The van der Waals surface area contributed by atoms with Gasteiger partial charge in [0.25, 0.3) is 0 Å². The molecule has 1 heteroatoms. The summed E-state index contributed by atoms with van der Waals surface area (Å²) < 4.78 is 0. The van der Waals surface area contributed by atoms with E-state index >= 15 is 0 Å². The fourth-order valence-corrected chi connectivity index (χ4v) is 7.77. The predicted molar refractivity (Wildman–Crippen MR) is 228 cm³/mol. The van der Waals surface area contributed by atoms with E-state index in [1.54, 1.807) is 0 Å². The summed E-state index contributed by atoms with van der Waals surface area (Å²) in [6.07, 6.45) is 8.10. The average Bonchev–Trinajstić information content (AvgIpc) is 3.44. The van der Waals surface area contributed by atoms with Crippen LogP contribution in [0.25, 0.3) is 50.1 Å². The number of benzene rings is 7. The van der Waals surface area contributed by atoms with E-state index in [0.717, 1.165) is 28.2 Å². The second-order valence-electron chi connectivity index (χ2n) is 14.2. The summed E-state index contributed by atoms with van der Waals surface area (Å²) in [5.74, 6) is 0. The van der Waals surface area contributed by atoms with Crippen LogP contribution in [0.1, 0.15) is 37.5 Å². The van der Waals surface area contributed by atoms with Crippen LogP contribution in [0.5, 0.6) is 0 Å². The molecule has 0 unspecified atom stereocenters. The van der Waals surface area contributed by atoms with Crippen molar-refractivity contribution in [3.8, 4) is 44.5 Å². The zero-order valence-corrected chi connectivity index (χ0v) is 30.6. The summed E-state index contributed by atoms with van der Waals surface area (Å²) >= 11 is 0. The Balaban J connectivity index is 1.17. The van der Waals surface area contributed by atoms with Gasteiger partial charge in [-0.1, -0.05) is 172 Å². The first-order chi connectivity index (χ1) is 25.9. The summed E-state index contributed by atoms with van der Waals surface area (Å²) in [5.41, 5.74) is 18.1. The van der Waals surface area contributed by atoms with Gasteiger partial charge in [-0.2, -0.15) is 0 Å². The lowest BCUT2D eigenvalue weighted by molar-refractivity contribution is 0.660. The van der Waals surface area contributed by atoms with Crippen molar-refractivity contribution < 1.29 is 0 Å². The number of anilines is 3. The molecule has 8 rings (SSSR count). The lowest BCUT2D eigenvalue weighted by atomic mass is 9.81. The number of rotatable bonds is 9. The van der Waals surface area contributed by atoms with E-state index < -0.39 is 0 Å². The molecule has 256 valence electrons. The van der Waals surface area contributed by atoms with Crippen molar-refractivity contribution >= 4 is 22.6 Å². The molecule has 7 aromatic rings. The highest BCUT2D eigenvalue weighted by molar-refractivity contribution is 5.88. The van der Waals surface area contributed by atoms with Gasteiger partial charge in [0.05, 0.1) is 0 Å². The van der Waals surface area contributed by atoms with Gasteiger partial charge in [0.1, 0.15) is 0 Å². The number of nitrogens with zero attached hydrogens (tertiary/aromatic N) is 1. The van der Waals surface area contributed by atoms with E-state index in [-0.39, 0.29) is 5.41 Å². The Kier molecular flexibility index (Phi) is 9.08. The lowest BCUT2D eigenvalue weighted by Gasteiger charge is -2.28. The Hall–Kier alpha value is -6.44. The van der Waals surface area contributed by atoms with Gasteiger partial charge in [0.2, 0.25) is 0 Å². The Morgan fingerprint density at radius 1 is 0.491 bits per heavy atom. The van der Waals surface area contributed by atoms with Crippen LogP contribution in [0, 0.1) is 0 Å². The molecule has 0 bridgehead atoms. The van der Waals surface area contributed by atoms with Crippen LogP contribution >= 0.6 is 0 Å². The lowest BCUT2D eigenvalue weighted by Crippen LogP contribution is -2.16. The SMILES string of the molecule is C=C/C=C(\C=C/C)c1ccc(N(c2ccc(-c3ccccc3)cc2)c2ccc3c(c2)C(C)(C)c2cc(-c4ccc(-c5ccccc5)cc4)ccc2-3)cc1. The molecular formula is C52H43N. The molecule has 0 saturated carbocycles. The van der Waals surface area contributed by atoms with Crippen molar-refractivity contribution in [1.82, 2.24) is 0 Å². The monoisotopic (exact) mass is 681 g/mol. The van der Waals surface area contributed by atoms with Crippen molar-refractivity contribution in [3.63, 3.8) is 0 Å². The topological polar surface area (TPSA) is 3.24 Å². The van der Waals surface area contributed by atoms with E-state index in [0.29, 0.717) is 0 Å². The molecule has 0 amide bonds. The standard InChI is InChI=1S/C52H43N/c1-5-13-37(14-6-2)41-23-28-45(29-24-41)53(46-30-25-42(26-31-46)39-17-11-8-12-18-39)47-32-34-49-48-33-27-44(35-50(48)52(3,4)51(49)36-47)43-21-19-40(20-22-43)38-15-9-7-10-16-38/h5-36H,1H2,2-4H3/b14-6-,37-13+. The molecule has 0 radical (unpaired) electrons. The Bertz CT molecular complexity index is 2450. The van der Waals surface area contributed by atoms with Crippen LogP contribution in [-0.4, -0.2) is 0 Å². The van der Waals surface area contributed by atoms with Crippen LogP contribution in [0.3, 0.4) is 0 Å². The molecule has 1 aliphatic rings. The minimum atomic E-state index is -0.176. The molecule has 0 spiro atoms. The molecule has 53 heavy (non-hydrogen) atoms. The minimum Gasteiger partial charge on any atom is -0.310 e. The molecule has 0 aliphatic heterocycles. The predicted octanol–water partition coefficient (Wildman–Crippen LogP) is 14.6. The van der Waals surface area contributed by atoms with Crippen molar-refractivity contribution in [2.24, 2.45) is 0 Å². The van der Waals surface area contributed by atoms with Crippen molar-refractivity contribution in [2.75, 3.05) is 4.90 Å². The van der Waals surface area contributed by atoms with Gasteiger partial charge in [0.15, 0.2) is 0 Å². The van der Waals surface area contributed by atoms with E-state index in [2.05, 4.69) is 213 Å². The van der Waals surface area contributed by atoms with Gasteiger partial charge in [0, 0.05) is 22.5 Å². The molecule has 0 N–H and O–H groups in total. The minimum absolute atomic E-state index is 0.176. The normalized spacial score (nSPS) is 13.1. The first-order valence-electron chi connectivity index (χ1n) is 18.4. The summed E-state index contributed by atoms with van der Waals surface area (Å²) in [5, 5.41) is 0. The van der Waals surface area contributed by atoms with Gasteiger partial charge in [-0.25, -0.2) is 0 Å². The van der Waals surface area contributed by atoms with E-state index in [1.807, 2.05) is 13.0 Å². The maximum absolute atomic E-state index is 3.93. The highest BCUT2D eigenvalue weighted by Crippen LogP contribution is 2.51. The van der Waals surface area contributed by atoms with Crippen molar-refractivity contribution in [3.05, 3.63) is 217 Å². The Morgan fingerprint density at radius 3 is 1.47 bits per heavy atom. The molecule has 1 nitrogen and oxygen atoms in total. The summed E-state index contributed by atoms with van der Waals surface area (Å²) in [4.78, 5) is 2.38. The van der Waals surface area contributed by atoms with Crippen LogP contribution in [-0.2, 0) is 5.41 Å². The fraction of sp³-hybridized carbons (Fsp3) is 0.0769. The van der Waals surface area contributed by atoms with Crippen LogP contribution < -0.4 is 4.90 Å². The second kappa shape index (κ2) is 14.3. The third-order valence-corrected chi connectivity index (χ3v) is 10.6. The van der Waals surface area contributed by atoms with Gasteiger partial charge in [-0.3, -0.25) is 0 Å². The summed E-state index contributed by atoms with van der Waals surface area (Å²) in [6.45, 7) is 10.7. The number of allylic oxidation sites excluding steroid dienone is 5. The van der Waals surface area contributed by atoms with Crippen LogP contribution in [0.4, 0.5) is 17.1 Å². The first-order valence-corrected chi connectivity index (χ1v) is 18.4. The first kappa shape index (κ1) is 33.7. The molecule has 0 heterocycles. The molecule has 0 atom stereocenters. The maximum Gasteiger partial charge on any atom is 0.0465 e. The van der Waals surface area contributed by atoms with Crippen molar-refractivity contribution in [2.45, 2.75) is 26.2 Å². The zero-order chi connectivity index (χ0) is 36.4. The zero-order valence-electron chi connectivity index (χ0n) is 30.6. The smallest absolute Gasteiger partial charge is 0.0465 e. The van der Waals surface area contributed by atoms with E-state index in [4.69, 9.17) is 0 Å². The molecule has 1 aliphatic carbocycles. The van der Waals surface area contributed by atoms with Crippen LogP contribution in [0.15, 0.2) is 201 Å². The number of hydrogen-bond acceptors (Lipinski definition) is 1. The molecule has 0 saturated heterocycles. The third kappa shape index (κ3) is 6.47. The van der Waals surface area contributed by atoms with Gasteiger partial charge >= 0.3 is 0 Å². The van der Waals surface area contributed by atoms with Crippen molar-refractivity contribution in [1.29, 1.82) is 0 Å². The second-order valence-corrected chi connectivity index (χ2v) is 14.2. The van der Waals surface area contributed by atoms with Gasteiger partial charge in [-0.15, -0.1) is 0 Å². The number of fused-ring (bicyclic) bond motifs is 3. The fourth-order valence-electron chi connectivity index (χ4n) is 7.77. The van der Waals surface area contributed by atoms with Crippen LogP contribution in [0.2, 0.25) is 0 Å². The Morgan fingerprint density at radius 2 is 0.925 bits per heavy atom. The third-order valence-electron chi connectivity index (χ3n) is 10.6. The van der Waals surface area contributed by atoms with Gasteiger partial charge in [-0.05, 0) is 116 Å². The molecule has 0 aromatic heterocycles.